The summed E-state index contributed by atoms with van der Waals surface area (Å²) in [5.74, 6) is 0.288. The average molecular weight is 486 g/mol. The van der Waals surface area contributed by atoms with E-state index in [1.807, 2.05) is 0 Å². The number of sulfonamides is 1. The number of ether oxygens (including phenoxy) is 3. The van der Waals surface area contributed by atoms with Gasteiger partial charge in [0, 0.05) is 25.6 Å². The zero-order valence-electron chi connectivity index (χ0n) is 16.6. The van der Waals surface area contributed by atoms with Gasteiger partial charge in [0.15, 0.2) is 17.2 Å². The van der Waals surface area contributed by atoms with Gasteiger partial charge in [0.2, 0.25) is 10.0 Å². The molecule has 2 aliphatic rings. The summed E-state index contributed by atoms with van der Waals surface area (Å²) in [5.41, 5.74) is 0. The van der Waals surface area contributed by atoms with Crippen molar-refractivity contribution in [3.63, 3.8) is 0 Å². The van der Waals surface area contributed by atoms with Gasteiger partial charge in [-0.25, -0.2) is 8.42 Å². The van der Waals surface area contributed by atoms with Crippen molar-refractivity contribution in [2.45, 2.75) is 24.2 Å². The zero-order chi connectivity index (χ0) is 22.0. The highest BCUT2D eigenvalue weighted by Crippen LogP contribution is 2.35. The second-order valence-electron chi connectivity index (χ2n) is 7.31. The summed E-state index contributed by atoms with van der Waals surface area (Å²) >= 11 is 12.0. The largest absolute Gasteiger partial charge is 0.490 e. The van der Waals surface area contributed by atoms with Crippen LogP contribution in [0.5, 0.6) is 17.2 Å². The maximum absolute atomic E-state index is 13.1. The molecule has 0 saturated carbocycles. The molecule has 0 unspecified atom stereocenters. The lowest BCUT2D eigenvalue weighted by molar-refractivity contribution is -0.140. The number of esters is 1. The molecule has 166 valence electrons. The van der Waals surface area contributed by atoms with Crippen molar-refractivity contribution < 1.29 is 27.4 Å². The van der Waals surface area contributed by atoms with Crippen molar-refractivity contribution in [2.24, 2.45) is 5.92 Å². The van der Waals surface area contributed by atoms with E-state index in [2.05, 4.69) is 0 Å². The Morgan fingerprint density at radius 3 is 2.48 bits per heavy atom. The van der Waals surface area contributed by atoms with Crippen molar-refractivity contribution in [1.29, 1.82) is 0 Å². The molecule has 1 saturated heterocycles. The number of halogens is 2. The third kappa shape index (κ3) is 4.77. The maximum Gasteiger partial charge on any atom is 0.314 e. The van der Waals surface area contributed by atoms with Gasteiger partial charge >= 0.3 is 5.97 Å². The third-order valence-electron chi connectivity index (χ3n) is 5.27. The minimum atomic E-state index is -3.72. The van der Waals surface area contributed by atoms with Crippen LogP contribution in [0.3, 0.4) is 0 Å². The molecule has 2 heterocycles. The number of fused-ring (bicyclic) bond motifs is 1. The van der Waals surface area contributed by atoms with Crippen LogP contribution < -0.4 is 14.2 Å². The predicted octanol–water partition coefficient (Wildman–Crippen LogP) is 4.16. The van der Waals surface area contributed by atoms with Gasteiger partial charge in [-0.15, -0.1) is 0 Å². The molecule has 2 aliphatic heterocycles. The maximum atomic E-state index is 13.1. The average Bonchev–Trinajstić information content (AvgIpc) is 3.02. The van der Waals surface area contributed by atoms with Crippen LogP contribution >= 0.6 is 23.2 Å². The molecule has 0 aromatic heterocycles. The highest BCUT2D eigenvalue weighted by atomic mass is 35.5. The summed E-state index contributed by atoms with van der Waals surface area (Å²) in [6, 6.07) is 9.44. The van der Waals surface area contributed by atoms with E-state index in [1.54, 1.807) is 24.3 Å². The van der Waals surface area contributed by atoms with Crippen molar-refractivity contribution in [1.82, 2.24) is 4.31 Å². The molecule has 2 aromatic carbocycles. The fourth-order valence-electron chi connectivity index (χ4n) is 3.54. The van der Waals surface area contributed by atoms with Gasteiger partial charge in [0.25, 0.3) is 0 Å². The Morgan fingerprint density at radius 1 is 1.03 bits per heavy atom. The summed E-state index contributed by atoms with van der Waals surface area (Å²) in [6.07, 6.45) is 1.43. The summed E-state index contributed by atoms with van der Waals surface area (Å²) in [5, 5.41) is 0.468. The van der Waals surface area contributed by atoms with E-state index in [0.717, 1.165) is 6.42 Å². The van der Waals surface area contributed by atoms with Gasteiger partial charge in [0.05, 0.1) is 29.0 Å². The van der Waals surface area contributed by atoms with Crippen LogP contribution in [0.1, 0.15) is 19.3 Å². The molecule has 4 rings (SSSR count). The lowest BCUT2D eigenvalue weighted by atomic mass is 9.98. The molecule has 0 aliphatic carbocycles. The number of benzene rings is 2. The van der Waals surface area contributed by atoms with Gasteiger partial charge < -0.3 is 14.2 Å². The van der Waals surface area contributed by atoms with E-state index in [0.29, 0.717) is 42.6 Å². The molecule has 0 amide bonds. The predicted molar refractivity (Wildman–Crippen MR) is 116 cm³/mol. The molecule has 2 aromatic rings. The molecule has 0 atom stereocenters. The lowest BCUT2D eigenvalue weighted by Gasteiger charge is -2.30. The van der Waals surface area contributed by atoms with Crippen LogP contribution in [0.4, 0.5) is 0 Å². The van der Waals surface area contributed by atoms with Gasteiger partial charge in [-0.05, 0) is 37.1 Å². The van der Waals surface area contributed by atoms with Gasteiger partial charge in [0.1, 0.15) is 5.02 Å². The van der Waals surface area contributed by atoms with E-state index in [4.69, 9.17) is 37.4 Å². The van der Waals surface area contributed by atoms with Crippen LogP contribution in [0.2, 0.25) is 10.0 Å². The van der Waals surface area contributed by atoms with Crippen LogP contribution in [0, 0.1) is 5.92 Å². The molecule has 0 bridgehead atoms. The van der Waals surface area contributed by atoms with E-state index in [9.17, 15) is 13.2 Å². The zero-order valence-corrected chi connectivity index (χ0v) is 18.9. The molecule has 0 radical (unpaired) electrons. The number of nitrogens with zero attached hydrogens (tertiary/aromatic N) is 1. The minimum Gasteiger partial charge on any atom is -0.490 e. The second-order valence-corrected chi connectivity index (χ2v) is 10.0. The standard InChI is InChI=1S/C21H21Cl2NO6S/c22-16-3-1-4-18(20(16)23)30-21(25)14-7-9-24(10-8-14)31(26,27)15-5-6-17-19(13-15)29-12-2-11-28-17/h1,3-6,13-14H,2,7-12H2. The highest BCUT2D eigenvalue weighted by molar-refractivity contribution is 7.89. The Hall–Kier alpha value is -2.00. The first-order valence-corrected chi connectivity index (χ1v) is 12.1. The van der Waals surface area contributed by atoms with Crippen LogP contribution in [0.15, 0.2) is 41.3 Å². The third-order valence-corrected chi connectivity index (χ3v) is 7.97. The molecule has 0 spiro atoms. The van der Waals surface area contributed by atoms with E-state index >= 15 is 0 Å². The molecular weight excluding hydrogens is 465 g/mol. The van der Waals surface area contributed by atoms with Crippen molar-refractivity contribution in [3.8, 4) is 17.2 Å². The van der Waals surface area contributed by atoms with Crippen molar-refractivity contribution in [2.75, 3.05) is 26.3 Å². The Morgan fingerprint density at radius 2 is 1.74 bits per heavy atom. The Labute approximate surface area is 190 Å². The number of carbonyl (C=O) groups excluding carboxylic acids is 1. The minimum absolute atomic E-state index is 0.142. The fourth-order valence-corrected chi connectivity index (χ4v) is 5.36. The van der Waals surface area contributed by atoms with Gasteiger partial charge in [-0.1, -0.05) is 29.3 Å². The first kappa shape index (κ1) is 22.2. The first-order chi connectivity index (χ1) is 14.9. The lowest BCUT2D eigenvalue weighted by Crippen LogP contribution is -2.41. The number of piperidine rings is 1. The molecule has 1 fully saturated rings. The quantitative estimate of drug-likeness (QED) is 0.477. The Balaban J connectivity index is 1.41. The molecule has 31 heavy (non-hydrogen) atoms. The van der Waals surface area contributed by atoms with E-state index < -0.39 is 21.9 Å². The normalized spacial score (nSPS) is 17.7. The van der Waals surface area contributed by atoms with Gasteiger partial charge in [-0.3, -0.25) is 4.79 Å². The highest BCUT2D eigenvalue weighted by Gasteiger charge is 2.34. The van der Waals surface area contributed by atoms with Crippen LogP contribution in [-0.4, -0.2) is 45.0 Å². The number of hydrogen-bond donors (Lipinski definition) is 0. The summed E-state index contributed by atoms with van der Waals surface area (Å²) < 4.78 is 44.1. The van der Waals surface area contributed by atoms with Crippen molar-refractivity contribution >= 4 is 39.2 Å². The molecule has 0 N–H and O–H groups in total. The smallest absolute Gasteiger partial charge is 0.314 e. The van der Waals surface area contributed by atoms with E-state index in [1.165, 1.54) is 16.4 Å². The first-order valence-electron chi connectivity index (χ1n) is 9.92. The summed E-state index contributed by atoms with van der Waals surface area (Å²) in [6.45, 7) is 1.42. The van der Waals surface area contributed by atoms with E-state index in [-0.39, 0.29) is 28.8 Å². The molecule has 7 nitrogen and oxygen atoms in total. The Bertz CT molecular complexity index is 1080. The number of hydrogen-bond acceptors (Lipinski definition) is 6. The number of carbonyl (C=O) groups is 1. The monoisotopic (exact) mass is 485 g/mol. The number of rotatable bonds is 4. The summed E-state index contributed by atoms with van der Waals surface area (Å²) in [4.78, 5) is 12.7. The fraction of sp³-hybridized carbons (Fsp3) is 0.381. The summed E-state index contributed by atoms with van der Waals surface area (Å²) in [7, 11) is -3.72. The Kier molecular flexibility index (Phi) is 6.62. The second kappa shape index (κ2) is 9.24. The topological polar surface area (TPSA) is 82.1 Å². The molecule has 10 heteroatoms. The van der Waals surface area contributed by atoms with Crippen LogP contribution in [-0.2, 0) is 14.8 Å². The van der Waals surface area contributed by atoms with Crippen molar-refractivity contribution in [3.05, 3.63) is 46.4 Å². The van der Waals surface area contributed by atoms with Crippen LogP contribution in [0.25, 0.3) is 0 Å². The van der Waals surface area contributed by atoms with Gasteiger partial charge in [-0.2, -0.15) is 4.31 Å². The SMILES string of the molecule is O=C(Oc1cccc(Cl)c1Cl)C1CCN(S(=O)(=O)c2ccc3c(c2)OCCCO3)CC1. The molecular formula is C21H21Cl2NO6S.